The fourth-order valence-corrected chi connectivity index (χ4v) is 9.14. The largest absolute Gasteiger partial charge is 0.536 e. The van der Waals surface area contributed by atoms with E-state index in [1.54, 1.807) is 21.3 Å². The van der Waals surface area contributed by atoms with Crippen LogP contribution in [0.3, 0.4) is 0 Å². The molecule has 23 heavy (non-hydrogen) atoms. The van der Waals surface area contributed by atoms with Gasteiger partial charge in [-0.05, 0) is 33.6 Å². The summed E-state index contributed by atoms with van der Waals surface area (Å²) in [5, 5.41) is 3.92. The second-order valence-corrected chi connectivity index (χ2v) is 14.4. The highest BCUT2D eigenvalue weighted by atomic mass is 79.9. The lowest BCUT2D eigenvalue weighted by molar-refractivity contribution is 0.140. The van der Waals surface area contributed by atoms with Crippen LogP contribution < -0.4 is 15.6 Å². The first-order chi connectivity index (χ1) is 10.9. The summed E-state index contributed by atoms with van der Waals surface area (Å²) in [6, 6.07) is 13.1. The Labute approximate surface area is 148 Å². The first-order valence-electron chi connectivity index (χ1n) is 7.50. The Hall–Kier alpha value is -0.766. The predicted octanol–water partition coefficient (Wildman–Crippen LogP) is 2.34. The summed E-state index contributed by atoms with van der Waals surface area (Å²) in [7, 11) is 0.425. The van der Waals surface area contributed by atoms with Crippen molar-refractivity contribution in [2.45, 2.75) is 13.1 Å². The van der Waals surface area contributed by atoms with Gasteiger partial charge in [0.05, 0.1) is 0 Å². The highest BCUT2D eigenvalue weighted by Gasteiger charge is 2.44. The Balaban J connectivity index is 2.20. The Morgan fingerprint density at radius 3 is 1.91 bits per heavy atom. The van der Waals surface area contributed by atoms with E-state index >= 15 is 0 Å². The minimum atomic E-state index is -2.80. The van der Waals surface area contributed by atoms with Crippen LogP contribution in [0, 0.1) is 0 Å². The Morgan fingerprint density at radius 2 is 1.35 bits per heavy atom. The maximum Gasteiger partial charge on any atom is 0.536 e. The Kier molecular flexibility index (Phi) is 4.41. The first-order valence-corrected chi connectivity index (χ1v) is 13.0. The van der Waals surface area contributed by atoms with Crippen LogP contribution in [-0.4, -0.2) is 38.2 Å². The van der Waals surface area contributed by atoms with Crippen LogP contribution in [-0.2, 0) is 13.3 Å². The first kappa shape index (κ1) is 17.1. The zero-order valence-electron chi connectivity index (χ0n) is 14.1. The van der Waals surface area contributed by atoms with Crippen molar-refractivity contribution in [3.8, 4) is 11.1 Å². The fraction of sp³-hybridized carbons (Fsp3) is 0.294. The van der Waals surface area contributed by atoms with Gasteiger partial charge in [0.2, 0.25) is 0 Å². The van der Waals surface area contributed by atoms with E-state index < -0.39 is 16.9 Å². The third-order valence-corrected chi connectivity index (χ3v) is 11.4. The molecule has 0 bridgehead atoms. The van der Waals surface area contributed by atoms with Crippen LogP contribution in [0.25, 0.3) is 11.1 Å². The summed E-state index contributed by atoms with van der Waals surface area (Å²) in [6.45, 7) is 4.78. The van der Waals surface area contributed by atoms with Gasteiger partial charge in [-0.25, -0.2) is 0 Å². The minimum Gasteiger partial charge on any atom is -0.373 e. The predicted molar refractivity (Wildman–Crippen MR) is 103 cm³/mol. The van der Waals surface area contributed by atoms with Gasteiger partial charge in [0, 0.05) is 31.0 Å². The maximum atomic E-state index is 5.65. The van der Waals surface area contributed by atoms with Gasteiger partial charge in [-0.3, -0.25) is 0 Å². The number of rotatable bonds is 4. The molecule has 2 aromatic carbocycles. The van der Waals surface area contributed by atoms with E-state index in [0.717, 1.165) is 9.66 Å². The van der Waals surface area contributed by atoms with Crippen molar-refractivity contribution < 1.29 is 13.3 Å². The normalized spacial score (nSPS) is 15.4. The lowest BCUT2D eigenvalue weighted by atomic mass is 10.1. The van der Waals surface area contributed by atoms with E-state index in [2.05, 4.69) is 65.4 Å². The molecule has 1 heterocycles. The van der Waals surface area contributed by atoms with Crippen LogP contribution in [0.4, 0.5) is 0 Å². The number of hydrogen-bond acceptors (Lipinski definition) is 3. The van der Waals surface area contributed by atoms with Crippen LogP contribution in [0.5, 0.6) is 0 Å². The molecule has 1 aliphatic rings. The minimum absolute atomic E-state index is 1.02. The van der Waals surface area contributed by atoms with Gasteiger partial charge in [0.25, 0.3) is 0 Å². The Bertz CT molecular complexity index is 749. The number of halogens is 1. The van der Waals surface area contributed by atoms with Crippen molar-refractivity contribution in [2.24, 2.45) is 0 Å². The van der Waals surface area contributed by atoms with E-state index in [-0.39, 0.29) is 0 Å². The van der Waals surface area contributed by atoms with Crippen LogP contribution in [0.1, 0.15) is 0 Å². The lowest BCUT2D eigenvalue weighted by Crippen LogP contribution is -2.57. The van der Waals surface area contributed by atoms with Crippen molar-refractivity contribution >= 4 is 48.4 Å². The summed E-state index contributed by atoms with van der Waals surface area (Å²) in [5.41, 5.74) is 2.69. The standard InChI is InChI=1S/C17H21BrO3Si2/c1-19-23(20-2,21-3)13-7-9-15-14-8-6-12(18)10-16(14)22(4,5)17(15)11-13/h6-11H,1-5H3. The monoisotopic (exact) mass is 408 g/mol. The SMILES string of the molecule is CO[Si](OC)(OC)c1ccc2c(c1)[Si](C)(C)c1cc(Br)ccc1-2. The van der Waals surface area contributed by atoms with Crippen molar-refractivity contribution in [3.63, 3.8) is 0 Å². The average molecular weight is 409 g/mol. The van der Waals surface area contributed by atoms with Gasteiger partial charge in [0.1, 0.15) is 8.07 Å². The van der Waals surface area contributed by atoms with Crippen LogP contribution in [0.2, 0.25) is 13.1 Å². The molecule has 0 aliphatic carbocycles. The molecule has 0 saturated carbocycles. The molecule has 1 aliphatic heterocycles. The van der Waals surface area contributed by atoms with E-state index in [1.807, 2.05) is 0 Å². The molecular weight excluding hydrogens is 388 g/mol. The van der Waals surface area contributed by atoms with Crippen LogP contribution in [0.15, 0.2) is 40.9 Å². The van der Waals surface area contributed by atoms with Gasteiger partial charge in [-0.1, -0.05) is 53.3 Å². The van der Waals surface area contributed by atoms with Crippen molar-refractivity contribution in [1.29, 1.82) is 0 Å². The molecule has 0 atom stereocenters. The third-order valence-electron chi connectivity index (χ3n) is 4.80. The van der Waals surface area contributed by atoms with E-state index in [9.17, 15) is 0 Å². The zero-order chi connectivity index (χ0) is 16.8. The van der Waals surface area contributed by atoms with Gasteiger partial charge in [0.15, 0.2) is 0 Å². The van der Waals surface area contributed by atoms with Gasteiger partial charge in [-0.15, -0.1) is 0 Å². The molecule has 0 amide bonds. The molecule has 0 fully saturated rings. The summed E-state index contributed by atoms with van der Waals surface area (Å²) in [5.74, 6) is 0. The highest BCUT2D eigenvalue weighted by molar-refractivity contribution is 9.10. The Morgan fingerprint density at radius 1 is 0.826 bits per heavy atom. The molecular formula is C17H21BrO3Si2. The molecule has 6 heteroatoms. The molecule has 0 unspecified atom stereocenters. The maximum absolute atomic E-state index is 5.65. The average Bonchev–Trinajstić information content (AvgIpc) is 2.78. The number of benzene rings is 2. The zero-order valence-corrected chi connectivity index (χ0v) is 17.7. The van der Waals surface area contributed by atoms with E-state index in [4.69, 9.17) is 13.3 Å². The molecule has 0 spiro atoms. The van der Waals surface area contributed by atoms with Crippen molar-refractivity contribution in [3.05, 3.63) is 40.9 Å². The van der Waals surface area contributed by atoms with Gasteiger partial charge >= 0.3 is 8.80 Å². The second kappa shape index (κ2) is 5.95. The molecule has 3 rings (SSSR count). The topological polar surface area (TPSA) is 27.7 Å². The summed E-state index contributed by atoms with van der Waals surface area (Å²) in [4.78, 5) is 0. The van der Waals surface area contributed by atoms with E-state index in [0.29, 0.717) is 0 Å². The second-order valence-electron chi connectivity index (χ2n) is 6.24. The van der Waals surface area contributed by atoms with Crippen LogP contribution >= 0.6 is 15.9 Å². The molecule has 2 aromatic rings. The number of fused-ring (bicyclic) bond motifs is 3. The highest BCUT2D eigenvalue weighted by Crippen LogP contribution is 2.29. The summed E-state index contributed by atoms with van der Waals surface area (Å²) < 4.78 is 18.1. The third kappa shape index (κ3) is 2.48. The van der Waals surface area contributed by atoms with Gasteiger partial charge < -0.3 is 13.3 Å². The molecule has 0 N–H and O–H groups in total. The van der Waals surface area contributed by atoms with Crippen molar-refractivity contribution in [1.82, 2.24) is 0 Å². The fourth-order valence-electron chi connectivity index (χ4n) is 3.50. The van der Waals surface area contributed by atoms with E-state index in [1.165, 1.54) is 21.5 Å². The molecule has 0 saturated heterocycles. The van der Waals surface area contributed by atoms with Crippen molar-refractivity contribution in [2.75, 3.05) is 21.3 Å². The number of hydrogen-bond donors (Lipinski definition) is 0. The lowest BCUT2D eigenvalue weighted by Gasteiger charge is -2.26. The molecule has 0 radical (unpaired) electrons. The van der Waals surface area contributed by atoms with Gasteiger partial charge in [-0.2, -0.15) is 0 Å². The molecule has 3 nitrogen and oxygen atoms in total. The smallest absolute Gasteiger partial charge is 0.373 e. The summed E-state index contributed by atoms with van der Waals surface area (Å²) in [6.07, 6.45) is 0. The molecule has 122 valence electrons. The summed E-state index contributed by atoms with van der Waals surface area (Å²) >= 11 is 3.61. The quantitative estimate of drug-likeness (QED) is 0.726. The molecule has 0 aromatic heterocycles.